The molecule has 2 atom stereocenters. The number of ketones is 1. The molecule has 2 N–H and O–H groups in total. The molecular formula is C11H22O3. The van der Waals surface area contributed by atoms with Crippen molar-refractivity contribution in [3.63, 3.8) is 0 Å². The summed E-state index contributed by atoms with van der Waals surface area (Å²) in [6, 6.07) is 0. The molecule has 0 aliphatic rings. The zero-order chi connectivity index (χ0) is 11.0. The lowest BCUT2D eigenvalue weighted by atomic mass is 9.92. The Hall–Kier alpha value is -0.410. The van der Waals surface area contributed by atoms with Crippen LogP contribution in [0.2, 0.25) is 0 Å². The molecule has 0 fully saturated rings. The molecule has 2 unspecified atom stereocenters. The van der Waals surface area contributed by atoms with Crippen LogP contribution in [-0.2, 0) is 4.79 Å². The number of aliphatic hydroxyl groups is 2. The summed E-state index contributed by atoms with van der Waals surface area (Å²) in [7, 11) is 0. The molecular weight excluding hydrogens is 180 g/mol. The summed E-state index contributed by atoms with van der Waals surface area (Å²) in [5.41, 5.74) is 0. The Morgan fingerprint density at radius 3 is 2.36 bits per heavy atom. The largest absolute Gasteiger partial charge is 0.394 e. The third-order valence-electron chi connectivity index (χ3n) is 2.54. The van der Waals surface area contributed by atoms with Gasteiger partial charge in [-0.25, -0.2) is 0 Å². The first-order chi connectivity index (χ1) is 6.63. The van der Waals surface area contributed by atoms with Crippen LogP contribution in [-0.4, -0.2) is 28.7 Å². The van der Waals surface area contributed by atoms with Crippen molar-refractivity contribution in [3.8, 4) is 0 Å². The number of unbranched alkanes of at least 4 members (excludes halogenated alkanes) is 3. The molecule has 3 nitrogen and oxygen atoms in total. The van der Waals surface area contributed by atoms with Crippen molar-refractivity contribution in [3.05, 3.63) is 0 Å². The fourth-order valence-corrected chi connectivity index (χ4v) is 1.58. The molecule has 0 aromatic rings. The van der Waals surface area contributed by atoms with E-state index in [0.29, 0.717) is 6.42 Å². The van der Waals surface area contributed by atoms with E-state index in [-0.39, 0.29) is 18.3 Å². The Bertz CT molecular complexity index is 157. The maximum absolute atomic E-state index is 11.1. The van der Waals surface area contributed by atoms with Crippen molar-refractivity contribution < 1.29 is 15.0 Å². The van der Waals surface area contributed by atoms with Gasteiger partial charge in [-0.1, -0.05) is 32.6 Å². The van der Waals surface area contributed by atoms with Crippen molar-refractivity contribution in [1.82, 2.24) is 0 Å². The van der Waals surface area contributed by atoms with Gasteiger partial charge in [-0.05, 0) is 13.3 Å². The van der Waals surface area contributed by atoms with Gasteiger partial charge in [0.1, 0.15) is 5.78 Å². The number of carbonyl (C=O) groups is 1. The van der Waals surface area contributed by atoms with Gasteiger partial charge in [0.2, 0.25) is 0 Å². The van der Waals surface area contributed by atoms with Crippen LogP contribution in [0, 0.1) is 5.92 Å². The smallest absolute Gasteiger partial charge is 0.135 e. The van der Waals surface area contributed by atoms with Crippen molar-refractivity contribution in [2.45, 2.75) is 52.1 Å². The molecule has 0 aliphatic carbocycles. The van der Waals surface area contributed by atoms with Gasteiger partial charge < -0.3 is 10.2 Å². The van der Waals surface area contributed by atoms with E-state index in [1.54, 1.807) is 0 Å². The van der Waals surface area contributed by atoms with Gasteiger partial charge in [0, 0.05) is 5.92 Å². The molecule has 0 saturated carbocycles. The van der Waals surface area contributed by atoms with Gasteiger partial charge in [0.05, 0.1) is 12.7 Å². The lowest BCUT2D eigenvalue weighted by Gasteiger charge is -2.18. The van der Waals surface area contributed by atoms with Gasteiger partial charge in [-0.15, -0.1) is 0 Å². The topological polar surface area (TPSA) is 57.5 Å². The predicted octanol–water partition coefficient (Wildman–Crippen LogP) is 1.52. The quantitative estimate of drug-likeness (QED) is 0.587. The summed E-state index contributed by atoms with van der Waals surface area (Å²) >= 11 is 0. The summed E-state index contributed by atoms with van der Waals surface area (Å²) in [4.78, 5) is 11.1. The van der Waals surface area contributed by atoms with Crippen molar-refractivity contribution in [1.29, 1.82) is 0 Å². The van der Waals surface area contributed by atoms with E-state index in [1.165, 1.54) is 13.3 Å². The number of hydrogen-bond donors (Lipinski definition) is 2. The zero-order valence-corrected chi connectivity index (χ0v) is 9.20. The van der Waals surface area contributed by atoms with E-state index >= 15 is 0 Å². The van der Waals surface area contributed by atoms with Crippen LogP contribution in [0.25, 0.3) is 0 Å². The average molecular weight is 202 g/mol. The van der Waals surface area contributed by atoms with Gasteiger partial charge in [-0.3, -0.25) is 4.79 Å². The Morgan fingerprint density at radius 2 is 1.93 bits per heavy atom. The SMILES string of the molecule is CCCCCCC(C(C)=O)C(O)CO. The van der Waals surface area contributed by atoms with Crippen LogP contribution in [0.1, 0.15) is 46.0 Å². The lowest BCUT2D eigenvalue weighted by molar-refractivity contribution is -0.125. The van der Waals surface area contributed by atoms with Crippen LogP contribution in [0.5, 0.6) is 0 Å². The molecule has 3 heteroatoms. The van der Waals surface area contributed by atoms with E-state index in [0.717, 1.165) is 19.3 Å². The highest BCUT2D eigenvalue weighted by Gasteiger charge is 2.22. The molecule has 0 bridgehead atoms. The van der Waals surface area contributed by atoms with E-state index < -0.39 is 6.10 Å². The van der Waals surface area contributed by atoms with Gasteiger partial charge >= 0.3 is 0 Å². The van der Waals surface area contributed by atoms with Crippen LogP contribution in [0.3, 0.4) is 0 Å². The Labute approximate surface area is 86.1 Å². The molecule has 0 aromatic carbocycles. The van der Waals surface area contributed by atoms with Gasteiger partial charge in [0.15, 0.2) is 0 Å². The van der Waals surface area contributed by atoms with Gasteiger partial charge in [0.25, 0.3) is 0 Å². The van der Waals surface area contributed by atoms with E-state index in [2.05, 4.69) is 6.92 Å². The van der Waals surface area contributed by atoms with Crippen LogP contribution >= 0.6 is 0 Å². The maximum Gasteiger partial charge on any atom is 0.135 e. The second-order valence-corrected chi connectivity index (χ2v) is 3.82. The molecule has 0 amide bonds. The molecule has 0 radical (unpaired) electrons. The van der Waals surface area contributed by atoms with Crippen LogP contribution in [0.15, 0.2) is 0 Å². The second kappa shape index (κ2) is 7.94. The van der Waals surface area contributed by atoms with Crippen molar-refractivity contribution in [2.24, 2.45) is 5.92 Å². The molecule has 0 spiro atoms. The van der Waals surface area contributed by atoms with Crippen molar-refractivity contribution in [2.75, 3.05) is 6.61 Å². The fourth-order valence-electron chi connectivity index (χ4n) is 1.58. The molecule has 0 rings (SSSR count). The summed E-state index contributed by atoms with van der Waals surface area (Å²) in [5, 5.41) is 18.1. The number of carbonyl (C=O) groups excluding carboxylic acids is 1. The summed E-state index contributed by atoms with van der Waals surface area (Å²) in [5.74, 6) is -0.403. The normalized spacial score (nSPS) is 15.1. The first-order valence-corrected chi connectivity index (χ1v) is 5.42. The number of hydrogen-bond acceptors (Lipinski definition) is 3. The maximum atomic E-state index is 11.1. The minimum atomic E-state index is -0.880. The molecule has 0 aliphatic heterocycles. The molecule has 0 heterocycles. The third kappa shape index (κ3) is 5.35. The first-order valence-electron chi connectivity index (χ1n) is 5.42. The third-order valence-corrected chi connectivity index (χ3v) is 2.54. The Kier molecular flexibility index (Phi) is 7.71. The molecule has 0 aromatic heterocycles. The van der Waals surface area contributed by atoms with Crippen LogP contribution < -0.4 is 0 Å². The summed E-state index contributed by atoms with van der Waals surface area (Å²) in [6.07, 6.45) is 4.19. The number of Topliss-reactive ketones (excluding diaryl/α,β-unsaturated/α-hetero) is 1. The molecule has 84 valence electrons. The zero-order valence-electron chi connectivity index (χ0n) is 9.20. The summed E-state index contributed by atoms with van der Waals surface area (Å²) in [6.45, 7) is 3.28. The standard InChI is InChI=1S/C11H22O3/c1-3-4-5-6-7-10(9(2)13)11(14)8-12/h10-12,14H,3-8H2,1-2H3. The second-order valence-electron chi connectivity index (χ2n) is 3.82. The highest BCUT2D eigenvalue weighted by Crippen LogP contribution is 2.15. The molecule has 0 saturated heterocycles. The average Bonchev–Trinajstić information content (AvgIpc) is 2.16. The number of rotatable bonds is 8. The van der Waals surface area contributed by atoms with Crippen molar-refractivity contribution >= 4 is 5.78 Å². The van der Waals surface area contributed by atoms with E-state index in [1.807, 2.05) is 0 Å². The van der Waals surface area contributed by atoms with E-state index in [9.17, 15) is 9.90 Å². The fraction of sp³-hybridized carbons (Fsp3) is 0.909. The van der Waals surface area contributed by atoms with E-state index in [4.69, 9.17) is 5.11 Å². The molecule has 14 heavy (non-hydrogen) atoms. The Morgan fingerprint density at radius 1 is 1.29 bits per heavy atom. The number of aliphatic hydroxyl groups excluding tert-OH is 2. The minimum Gasteiger partial charge on any atom is -0.394 e. The van der Waals surface area contributed by atoms with Crippen LogP contribution in [0.4, 0.5) is 0 Å². The first kappa shape index (κ1) is 13.6. The monoisotopic (exact) mass is 202 g/mol. The minimum absolute atomic E-state index is 0.0250. The predicted molar refractivity (Wildman–Crippen MR) is 56.0 cm³/mol. The summed E-state index contributed by atoms with van der Waals surface area (Å²) < 4.78 is 0. The lowest BCUT2D eigenvalue weighted by Crippen LogP contribution is -2.29. The Balaban J connectivity index is 3.80. The highest BCUT2D eigenvalue weighted by atomic mass is 16.3. The highest BCUT2D eigenvalue weighted by molar-refractivity contribution is 5.78. The van der Waals surface area contributed by atoms with Gasteiger partial charge in [-0.2, -0.15) is 0 Å².